The van der Waals surface area contributed by atoms with E-state index in [0.717, 1.165) is 5.56 Å². The maximum atomic E-state index is 12.5. The molecule has 9 heteroatoms. The Labute approximate surface area is 188 Å². The first kappa shape index (κ1) is 22.5. The van der Waals surface area contributed by atoms with Crippen molar-refractivity contribution in [3.05, 3.63) is 57.3 Å². The van der Waals surface area contributed by atoms with Gasteiger partial charge in [0.1, 0.15) is 24.2 Å². The van der Waals surface area contributed by atoms with Gasteiger partial charge >= 0.3 is 0 Å². The molecule has 2 amide bonds. The van der Waals surface area contributed by atoms with Gasteiger partial charge in [-0.3, -0.25) is 9.59 Å². The van der Waals surface area contributed by atoms with Gasteiger partial charge in [0.05, 0.1) is 4.47 Å². The topological polar surface area (TPSA) is 80.8 Å². The lowest BCUT2D eigenvalue weighted by Gasteiger charge is -2.32. The van der Waals surface area contributed by atoms with Crippen LogP contribution in [0.1, 0.15) is 28.9 Å². The first-order valence-electron chi connectivity index (χ1n) is 9.58. The number of hydrogen-bond donors (Lipinski definition) is 1. The molecule has 1 fully saturated rings. The summed E-state index contributed by atoms with van der Waals surface area (Å²) in [5.41, 5.74) is 1.21. The van der Waals surface area contributed by atoms with E-state index in [1.54, 1.807) is 29.3 Å². The summed E-state index contributed by atoms with van der Waals surface area (Å²) in [6.45, 7) is 1.70. The zero-order valence-electron chi connectivity index (χ0n) is 16.6. The van der Waals surface area contributed by atoms with E-state index in [1.165, 1.54) is 7.11 Å². The van der Waals surface area contributed by atoms with Crippen molar-refractivity contribution in [2.75, 3.05) is 26.8 Å². The number of piperidine rings is 1. The Kier molecular flexibility index (Phi) is 8.07. The number of carbonyl (C=O) groups excluding carboxylic acids is 2. The monoisotopic (exact) mass is 495 g/mol. The number of carbonyl (C=O) groups is 2. The molecular weight excluding hydrogens is 474 g/mol. The molecule has 0 atom stereocenters. The van der Waals surface area contributed by atoms with E-state index in [-0.39, 0.29) is 30.2 Å². The summed E-state index contributed by atoms with van der Waals surface area (Å²) in [5, 5.41) is 3.49. The number of halogens is 2. The van der Waals surface area contributed by atoms with Crippen LogP contribution in [0.25, 0.3) is 0 Å². The summed E-state index contributed by atoms with van der Waals surface area (Å²) < 4.78 is 11.7. The fourth-order valence-electron chi connectivity index (χ4n) is 3.13. The number of likely N-dealkylation sites (tertiary alicyclic amines) is 1. The number of nitrogens with zero attached hydrogens (tertiary/aromatic N) is 2. The molecule has 1 aromatic heterocycles. The van der Waals surface area contributed by atoms with E-state index in [1.807, 2.05) is 12.1 Å². The lowest BCUT2D eigenvalue weighted by Crippen LogP contribution is -2.43. The van der Waals surface area contributed by atoms with Crippen molar-refractivity contribution in [2.24, 2.45) is 0 Å². The minimum Gasteiger partial charge on any atom is -0.489 e. The summed E-state index contributed by atoms with van der Waals surface area (Å²) in [7, 11) is 1.51. The second-order valence-electron chi connectivity index (χ2n) is 6.94. The molecule has 0 aliphatic carbocycles. The van der Waals surface area contributed by atoms with Gasteiger partial charge in [0.25, 0.3) is 5.91 Å². The molecule has 1 aliphatic rings. The van der Waals surface area contributed by atoms with Crippen LogP contribution in [0.2, 0.25) is 5.02 Å². The van der Waals surface area contributed by atoms with Gasteiger partial charge in [-0.05, 0) is 33.6 Å². The Hall–Kier alpha value is -2.16. The number of pyridine rings is 1. The number of ether oxygens (including phenoxy) is 2. The second-order valence-corrected chi connectivity index (χ2v) is 8.23. The number of nitrogens with one attached hydrogen (secondary N) is 1. The molecular formula is C21H23BrClN3O4. The average molecular weight is 497 g/mol. The Balaban J connectivity index is 1.56. The van der Waals surface area contributed by atoms with E-state index in [0.29, 0.717) is 47.7 Å². The highest BCUT2D eigenvalue weighted by Crippen LogP contribution is 2.28. The molecule has 160 valence electrons. The molecule has 0 unspecified atom stereocenters. The number of hydrogen-bond acceptors (Lipinski definition) is 5. The maximum absolute atomic E-state index is 12.5. The zero-order valence-corrected chi connectivity index (χ0v) is 18.9. The lowest BCUT2D eigenvalue weighted by molar-refractivity contribution is -0.136. The number of methoxy groups -OCH3 is 1. The summed E-state index contributed by atoms with van der Waals surface area (Å²) in [4.78, 5) is 30.4. The van der Waals surface area contributed by atoms with Crippen LogP contribution in [0.3, 0.4) is 0 Å². The predicted molar refractivity (Wildman–Crippen MR) is 117 cm³/mol. The summed E-state index contributed by atoms with van der Waals surface area (Å²) in [5.74, 6) is 0.256. The van der Waals surface area contributed by atoms with Gasteiger partial charge in [-0.1, -0.05) is 23.7 Å². The van der Waals surface area contributed by atoms with Gasteiger partial charge in [0.2, 0.25) is 5.91 Å². The highest BCUT2D eigenvalue weighted by atomic mass is 79.9. The van der Waals surface area contributed by atoms with Gasteiger partial charge in [0, 0.05) is 56.9 Å². The molecule has 2 aromatic rings. The maximum Gasteiger partial charge on any atom is 0.270 e. The number of benzene rings is 1. The average Bonchev–Trinajstić information content (AvgIpc) is 2.75. The molecule has 3 rings (SSSR count). The van der Waals surface area contributed by atoms with Crippen LogP contribution in [0.4, 0.5) is 0 Å². The van der Waals surface area contributed by atoms with Crippen LogP contribution in [-0.4, -0.2) is 54.6 Å². The molecule has 1 saturated heterocycles. The third kappa shape index (κ3) is 6.17. The quantitative estimate of drug-likeness (QED) is 0.635. The van der Waals surface area contributed by atoms with Crippen molar-refractivity contribution >= 4 is 39.3 Å². The molecule has 1 N–H and O–H groups in total. The molecule has 7 nitrogen and oxygen atoms in total. The first-order valence-corrected chi connectivity index (χ1v) is 10.7. The minimum atomic E-state index is -0.290. The van der Waals surface area contributed by atoms with E-state index < -0.39 is 0 Å². The summed E-state index contributed by atoms with van der Waals surface area (Å²) >= 11 is 9.31. The van der Waals surface area contributed by atoms with Gasteiger partial charge < -0.3 is 19.7 Å². The van der Waals surface area contributed by atoms with Crippen LogP contribution in [0.15, 0.2) is 41.0 Å². The van der Waals surface area contributed by atoms with Crippen LogP contribution in [0, 0.1) is 0 Å². The van der Waals surface area contributed by atoms with Gasteiger partial charge in [-0.15, -0.1) is 0 Å². The minimum absolute atomic E-state index is 0.0133. The van der Waals surface area contributed by atoms with E-state index in [2.05, 4.69) is 26.2 Å². The van der Waals surface area contributed by atoms with E-state index in [4.69, 9.17) is 21.1 Å². The molecule has 1 aliphatic heterocycles. The van der Waals surface area contributed by atoms with Gasteiger partial charge in [-0.25, -0.2) is 4.98 Å². The first-order chi connectivity index (χ1) is 14.5. The molecule has 1 aromatic carbocycles. The van der Waals surface area contributed by atoms with Gasteiger partial charge in [0.15, 0.2) is 0 Å². The highest BCUT2D eigenvalue weighted by molar-refractivity contribution is 9.10. The largest absolute Gasteiger partial charge is 0.489 e. The van der Waals surface area contributed by atoms with Crippen molar-refractivity contribution in [2.45, 2.75) is 25.5 Å². The highest BCUT2D eigenvalue weighted by Gasteiger charge is 2.24. The number of amides is 2. The standard InChI is InChI=1S/C21H23BrClN3O4/c1-29-13-20(27)26-8-6-16(7-9-26)30-19-10-18(24-12-17(19)22)21(28)25-11-14-2-4-15(23)5-3-14/h2-5,10,12,16H,6-9,11,13H2,1H3,(H,25,28). The van der Waals surface area contributed by atoms with Crippen molar-refractivity contribution in [1.29, 1.82) is 0 Å². The summed E-state index contributed by atoms with van der Waals surface area (Å²) in [6.07, 6.45) is 2.94. The van der Waals surface area contributed by atoms with Gasteiger partial charge in [-0.2, -0.15) is 0 Å². The second kappa shape index (κ2) is 10.7. The zero-order chi connectivity index (χ0) is 21.5. The van der Waals surface area contributed by atoms with Crippen molar-refractivity contribution in [3.63, 3.8) is 0 Å². The molecule has 0 radical (unpaired) electrons. The normalized spacial score (nSPS) is 14.4. The number of aromatic nitrogens is 1. The Bertz CT molecular complexity index is 886. The molecule has 0 spiro atoms. The third-order valence-corrected chi connectivity index (χ3v) is 5.62. The van der Waals surface area contributed by atoms with Crippen LogP contribution in [-0.2, 0) is 16.1 Å². The summed E-state index contributed by atoms with van der Waals surface area (Å²) in [6, 6.07) is 8.90. The fraction of sp³-hybridized carbons (Fsp3) is 0.381. The molecule has 0 saturated carbocycles. The lowest BCUT2D eigenvalue weighted by atomic mass is 10.1. The Morgan fingerprint density at radius 3 is 2.63 bits per heavy atom. The van der Waals surface area contributed by atoms with Crippen molar-refractivity contribution < 1.29 is 19.1 Å². The molecule has 0 bridgehead atoms. The van der Waals surface area contributed by atoms with Crippen LogP contribution >= 0.6 is 27.5 Å². The fourth-order valence-corrected chi connectivity index (χ4v) is 3.56. The van der Waals surface area contributed by atoms with E-state index >= 15 is 0 Å². The van der Waals surface area contributed by atoms with Crippen LogP contribution < -0.4 is 10.1 Å². The van der Waals surface area contributed by atoms with Crippen molar-refractivity contribution in [1.82, 2.24) is 15.2 Å². The molecule has 30 heavy (non-hydrogen) atoms. The van der Waals surface area contributed by atoms with E-state index in [9.17, 15) is 9.59 Å². The Morgan fingerprint density at radius 2 is 1.97 bits per heavy atom. The number of rotatable bonds is 7. The van der Waals surface area contributed by atoms with Crippen molar-refractivity contribution in [3.8, 4) is 5.75 Å². The SMILES string of the molecule is COCC(=O)N1CCC(Oc2cc(C(=O)NCc3ccc(Cl)cc3)ncc2Br)CC1. The van der Waals surface area contributed by atoms with Crippen LogP contribution in [0.5, 0.6) is 5.75 Å². The smallest absolute Gasteiger partial charge is 0.270 e. The predicted octanol–water partition coefficient (Wildman–Crippen LogP) is 3.44. The molecule has 2 heterocycles. The Morgan fingerprint density at radius 1 is 1.27 bits per heavy atom. The third-order valence-electron chi connectivity index (χ3n) is 4.78.